The summed E-state index contributed by atoms with van der Waals surface area (Å²) in [6, 6.07) is 4.48. The highest BCUT2D eigenvalue weighted by Gasteiger charge is 2.24. The molecule has 3 N–H and O–H groups in total. The SMILES string of the molecule is CCCC(N)C(=O)NC(c1cc(OC)cc(OC)c1)c1nccn1C. The van der Waals surface area contributed by atoms with E-state index in [4.69, 9.17) is 15.2 Å². The number of carbonyl (C=O) groups is 1. The second-order valence-electron chi connectivity index (χ2n) is 5.88. The van der Waals surface area contributed by atoms with Crippen molar-refractivity contribution < 1.29 is 14.3 Å². The molecule has 136 valence electrons. The van der Waals surface area contributed by atoms with E-state index in [2.05, 4.69) is 10.3 Å². The van der Waals surface area contributed by atoms with Gasteiger partial charge in [0.2, 0.25) is 5.91 Å². The number of hydrogen-bond acceptors (Lipinski definition) is 5. The second-order valence-corrected chi connectivity index (χ2v) is 5.88. The van der Waals surface area contributed by atoms with Crippen molar-refractivity contribution in [3.63, 3.8) is 0 Å². The van der Waals surface area contributed by atoms with Gasteiger partial charge in [-0.15, -0.1) is 0 Å². The van der Waals surface area contributed by atoms with E-state index < -0.39 is 12.1 Å². The van der Waals surface area contributed by atoms with Gasteiger partial charge in [-0.3, -0.25) is 4.79 Å². The predicted molar refractivity (Wildman–Crippen MR) is 95.6 cm³/mol. The van der Waals surface area contributed by atoms with Crippen molar-refractivity contribution in [1.82, 2.24) is 14.9 Å². The van der Waals surface area contributed by atoms with Crippen molar-refractivity contribution in [2.45, 2.75) is 31.8 Å². The molecule has 0 saturated carbocycles. The highest BCUT2D eigenvalue weighted by atomic mass is 16.5. The van der Waals surface area contributed by atoms with Gasteiger partial charge in [-0.25, -0.2) is 4.98 Å². The fourth-order valence-corrected chi connectivity index (χ4v) is 2.64. The van der Waals surface area contributed by atoms with E-state index in [0.717, 1.165) is 12.0 Å². The number of benzene rings is 1. The number of carbonyl (C=O) groups excluding carboxylic acids is 1. The molecule has 25 heavy (non-hydrogen) atoms. The lowest BCUT2D eigenvalue weighted by Gasteiger charge is -2.22. The van der Waals surface area contributed by atoms with Crippen LogP contribution in [0.25, 0.3) is 0 Å². The number of nitrogens with zero attached hydrogens (tertiary/aromatic N) is 2. The molecule has 0 aliphatic heterocycles. The van der Waals surface area contributed by atoms with Gasteiger partial charge in [0.05, 0.1) is 20.3 Å². The van der Waals surface area contributed by atoms with E-state index in [-0.39, 0.29) is 5.91 Å². The van der Waals surface area contributed by atoms with Gasteiger partial charge in [-0.05, 0) is 24.1 Å². The van der Waals surface area contributed by atoms with Crippen LogP contribution >= 0.6 is 0 Å². The molecule has 0 fully saturated rings. The molecule has 1 aromatic heterocycles. The quantitative estimate of drug-likeness (QED) is 0.760. The van der Waals surface area contributed by atoms with E-state index in [1.54, 1.807) is 26.5 Å². The summed E-state index contributed by atoms with van der Waals surface area (Å²) in [5, 5.41) is 3.01. The third kappa shape index (κ3) is 4.51. The highest BCUT2D eigenvalue weighted by molar-refractivity contribution is 5.82. The molecule has 1 amide bonds. The average molecular weight is 346 g/mol. The van der Waals surface area contributed by atoms with Crippen LogP contribution in [0.5, 0.6) is 11.5 Å². The van der Waals surface area contributed by atoms with Gasteiger partial charge >= 0.3 is 0 Å². The van der Waals surface area contributed by atoms with Gasteiger partial charge in [-0.2, -0.15) is 0 Å². The van der Waals surface area contributed by atoms with Crippen LogP contribution in [0.1, 0.15) is 37.2 Å². The zero-order valence-corrected chi connectivity index (χ0v) is 15.2. The topological polar surface area (TPSA) is 91.4 Å². The first kappa shape index (κ1) is 18.8. The van der Waals surface area contributed by atoms with E-state index >= 15 is 0 Å². The highest BCUT2D eigenvalue weighted by Crippen LogP contribution is 2.29. The Hall–Kier alpha value is -2.54. The van der Waals surface area contributed by atoms with Gasteiger partial charge in [0, 0.05) is 25.5 Å². The molecule has 0 bridgehead atoms. The molecule has 2 atom stereocenters. The first-order valence-electron chi connectivity index (χ1n) is 8.26. The van der Waals surface area contributed by atoms with Crippen LogP contribution in [0.2, 0.25) is 0 Å². The molecule has 2 aromatic rings. The summed E-state index contributed by atoms with van der Waals surface area (Å²) in [5.41, 5.74) is 6.78. The number of amides is 1. The summed E-state index contributed by atoms with van der Waals surface area (Å²) in [7, 11) is 5.05. The number of methoxy groups -OCH3 is 2. The number of hydrogen-bond donors (Lipinski definition) is 2. The third-order valence-corrected chi connectivity index (χ3v) is 4.05. The predicted octanol–water partition coefficient (Wildman–Crippen LogP) is 1.77. The van der Waals surface area contributed by atoms with Gasteiger partial charge < -0.3 is 25.1 Å². The molecule has 2 rings (SSSR count). The number of rotatable bonds is 8. The zero-order chi connectivity index (χ0) is 18.4. The Morgan fingerprint density at radius 3 is 2.40 bits per heavy atom. The maximum absolute atomic E-state index is 12.5. The van der Waals surface area contributed by atoms with Gasteiger partial charge in [0.15, 0.2) is 0 Å². The van der Waals surface area contributed by atoms with Crippen LogP contribution in [0.3, 0.4) is 0 Å². The molecule has 1 aromatic carbocycles. The fraction of sp³-hybridized carbons (Fsp3) is 0.444. The van der Waals surface area contributed by atoms with Crippen LogP contribution in [0, 0.1) is 0 Å². The lowest BCUT2D eigenvalue weighted by Crippen LogP contribution is -2.43. The Balaban J connectivity index is 2.42. The molecule has 0 aliphatic carbocycles. The summed E-state index contributed by atoms with van der Waals surface area (Å²) < 4.78 is 12.5. The summed E-state index contributed by atoms with van der Waals surface area (Å²) >= 11 is 0. The minimum absolute atomic E-state index is 0.211. The molecule has 0 aliphatic rings. The largest absolute Gasteiger partial charge is 0.497 e. The van der Waals surface area contributed by atoms with Crippen molar-refractivity contribution in [3.05, 3.63) is 42.0 Å². The molecule has 0 saturated heterocycles. The number of nitrogens with two attached hydrogens (primary N) is 1. The Morgan fingerprint density at radius 2 is 1.92 bits per heavy atom. The number of aromatic nitrogens is 2. The van der Waals surface area contributed by atoms with Gasteiger partial charge in [-0.1, -0.05) is 13.3 Å². The molecule has 7 heteroatoms. The van der Waals surface area contributed by atoms with Crippen molar-refractivity contribution in [2.24, 2.45) is 12.8 Å². The van der Waals surface area contributed by atoms with Crippen molar-refractivity contribution in [2.75, 3.05) is 14.2 Å². The van der Waals surface area contributed by atoms with Crippen molar-refractivity contribution >= 4 is 5.91 Å². The third-order valence-electron chi connectivity index (χ3n) is 4.05. The van der Waals surface area contributed by atoms with Crippen LogP contribution in [0.4, 0.5) is 0 Å². The minimum Gasteiger partial charge on any atom is -0.497 e. The van der Waals surface area contributed by atoms with Crippen LogP contribution in [-0.4, -0.2) is 35.7 Å². The van der Waals surface area contributed by atoms with E-state index in [9.17, 15) is 4.79 Å². The van der Waals surface area contributed by atoms with E-state index in [1.165, 1.54) is 0 Å². The van der Waals surface area contributed by atoms with E-state index in [0.29, 0.717) is 23.7 Å². The lowest BCUT2D eigenvalue weighted by molar-refractivity contribution is -0.123. The first-order chi connectivity index (χ1) is 12.0. The van der Waals surface area contributed by atoms with Crippen LogP contribution in [0.15, 0.2) is 30.6 Å². The molecular formula is C18H26N4O3. The lowest BCUT2D eigenvalue weighted by atomic mass is 10.0. The molecule has 0 spiro atoms. The molecule has 7 nitrogen and oxygen atoms in total. The monoisotopic (exact) mass is 346 g/mol. The number of ether oxygens (including phenoxy) is 2. The number of aryl methyl sites for hydroxylation is 1. The van der Waals surface area contributed by atoms with Crippen molar-refractivity contribution in [3.8, 4) is 11.5 Å². The van der Waals surface area contributed by atoms with Crippen molar-refractivity contribution in [1.29, 1.82) is 0 Å². The maximum Gasteiger partial charge on any atom is 0.237 e. The van der Waals surface area contributed by atoms with E-state index in [1.807, 2.05) is 36.9 Å². The Morgan fingerprint density at radius 1 is 1.28 bits per heavy atom. The fourth-order valence-electron chi connectivity index (χ4n) is 2.64. The Labute approximate surface area is 148 Å². The van der Waals surface area contributed by atoms with Gasteiger partial charge in [0.25, 0.3) is 0 Å². The van der Waals surface area contributed by atoms with Crippen LogP contribution in [-0.2, 0) is 11.8 Å². The normalized spacial score (nSPS) is 13.2. The summed E-state index contributed by atoms with van der Waals surface area (Å²) in [6.45, 7) is 2.00. The summed E-state index contributed by atoms with van der Waals surface area (Å²) in [6.07, 6.45) is 4.99. The Kier molecular flexibility index (Phi) is 6.41. The standard InChI is InChI=1S/C18H26N4O3/c1-5-6-15(19)18(23)21-16(17-20-7-8-22(17)2)12-9-13(24-3)11-14(10-12)25-4/h7-11,15-16H,5-6,19H2,1-4H3,(H,21,23). The molecular weight excluding hydrogens is 320 g/mol. The smallest absolute Gasteiger partial charge is 0.237 e. The van der Waals surface area contributed by atoms with Crippen LogP contribution < -0.4 is 20.5 Å². The summed E-state index contributed by atoms with van der Waals surface area (Å²) in [4.78, 5) is 16.9. The average Bonchev–Trinajstić information content (AvgIpc) is 3.04. The summed E-state index contributed by atoms with van der Waals surface area (Å²) in [5.74, 6) is 1.77. The maximum atomic E-state index is 12.5. The number of imidazole rings is 1. The molecule has 1 heterocycles. The molecule has 2 unspecified atom stereocenters. The molecule has 0 radical (unpaired) electrons. The number of nitrogens with one attached hydrogen (secondary N) is 1. The van der Waals surface area contributed by atoms with Gasteiger partial charge in [0.1, 0.15) is 23.4 Å². The first-order valence-corrected chi connectivity index (χ1v) is 8.26. The minimum atomic E-state index is -0.555. The second kappa shape index (κ2) is 8.53. The Bertz CT molecular complexity index is 692. The zero-order valence-electron chi connectivity index (χ0n) is 15.2.